The fraction of sp³-hybridized carbons (Fsp3) is 0.667. The molecule has 1 atom stereocenters. The van der Waals surface area contributed by atoms with Gasteiger partial charge in [-0.1, -0.05) is 6.07 Å². The summed E-state index contributed by atoms with van der Waals surface area (Å²) in [5.41, 5.74) is 2.38. The van der Waals surface area contributed by atoms with Crippen LogP contribution in [0.1, 0.15) is 37.8 Å². The SMILES string of the molecule is COCc1cc(CN(C)[C@@H]2CCOC(C)(C)C2)ccc1OC. The van der Waals surface area contributed by atoms with Crippen molar-refractivity contribution in [3.63, 3.8) is 0 Å². The van der Waals surface area contributed by atoms with E-state index in [0.29, 0.717) is 12.6 Å². The molecule has 0 amide bonds. The van der Waals surface area contributed by atoms with E-state index in [2.05, 4.69) is 37.9 Å². The third-order valence-corrected chi connectivity index (χ3v) is 4.37. The lowest BCUT2D eigenvalue weighted by Crippen LogP contribution is -2.44. The Morgan fingerprint density at radius 1 is 1.32 bits per heavy atom. The van der Waals surface area contributed by atoms with Gasteiger partial charge in [0.15, 0.2) is 0 Å². The Balaban J connectivity index is 2.04. The average molecular weight is 307 g/mol. The van der Waals surface area contributed by atoms with Gasteiger partial charge in [-0.25, -0.2) is 0 Å². The Kier molecular flexibility index (Phi) is 5.84. The van der Waals surface area contributed by atoms with Crippen LogP contribution in [-0.4, -0.2) is 44.4 Å². The first kappa shape index (κ1) is 17.3. The van der Waals surface area contributed by atoms with Crippen molar-refractivity contribution in [2.75, 3.05) is 27.9 Å². The molecular weight excluding hydrogens is 278 g/mol. The molecule has 1 aliphatic rings. The Bertz CT molecular complexity index is 487. The lowest BCUT2D eigenvalue weighted by Gasteiger charge is -2.40. The normalized spacial score (nSPS) is 21.1. The van der Waals surface area contributed by atoms with Crippen LogP contribution in [0.25, 0.3) is 0 Å². The molecule has 4 heteroatoms. The molecular formula is C18H29NO3. The highest BCUT2D eigenvalue weighted by Crippen LogP contribution is 2.28. The molecule has 1 heterocycles. The van der Waals surface area contributed by atoms with Crippen molar-refractivity contribution in [2.45, 2.75) is 51.5 Å². The number of ether oxygens (including phenoxy) is 3. The molecule has 0 bridgehead atoms. The molecule has 0 unspecified atom stereocenters. The first-order valence-electron chi connectivity index (χ1n) is 7.94. The van der Waals surface area contributed by atoms with E-state index in [-0.39, 0.29) is 5.60 Å². The Morgan fingerprint density at radius 2 is 2.09 bits per heavy atom. The van der Waals surface area contributed by atoms with Crippen LogP contribution in [0.15, 0.2) is 18.2 Å². The van der Waals surface area contributed by atoms with Crippen LogP contribution >= 0.6 is 0 Å². The van der Waals surface area contributed by atoms with Gasteiger partial charge in [0.25, 0.3) is 0 Å². The summed E-state index contributed by atoms with van der Waals surface area (Å²) < 4.78 is 16.5. The van der Waals surface area contributed by atoms with Crippen LogP contribution in [0.2, 0.25) is 0 Å². The highest BCUT2D eigenvalue weighted by molar-refractivity contribution is 5.37. The third kappa shape index (κ3) is 4.45. The second-order valence-corrected chi connectivity index (χ2v) is 6.75. The van der Waals surface area contributed by atoms with E-state index in [1.165, 1.54) is 5.56 Å². The van der Waals surface area contributed by atoms with Gasteiger partial charge in [0.2, 0.25) is 0 Å². The molecule has 4 nitrogen and oxygen atoms in total. The monoisotopic (exact) mass is 307 g/mol. The van der Waals surface area contributed by atoms with Crippen LogP contribution in [0.4, 0.5) is 0 Å². The summed E-state index contributed by atoms with van der Waals surface area (Å²) in [6, 6.07) is 6.92. The molecule has 1 aliphatic heterocycles. The number of hydrogen-bond donors (Lipinski definition) is 0. The predicted octanol–water partition coefficient (Wildman–Crippen LogP) is 3.23. The van der Waals surface area contributed by atoms with Gasteiger partial charge < -0.3 is 14.2 Å². The molecule has 1 fully saturated rings. The Hall–Kier alpha value is -1.10. The predicted molar refractivity (Wildman–Crippen MR) is 88.2 cm³/mol. The minimum atomic E-state index is -0.0156. The number of nitrogens with zero attached hydrogens (tertiary/aromatic N) is 1. The second kappa shape index (κ2) is 7.44. The zero-order valence-corrected chi connectivity index (χ0v) is 14.5. The van der Waals surface area contributed by atoms with Crippen molar-refractivity contribution >= 4 is 0 Å². The maximum atomic E-state index is 5.82. The van der Waals surface area contributed by atoms with Crippen molar-refractivity contribution in [2.24, 2.45) is 0 Å². The molecule has 1 aromatic carbocycles. The summed E-state index contributed by atoms with van der Waals surface area (Å²) >= 11 is 0. The summed E-state index contributed by atoms with van der Waals surface area (Å²) in [6.45, 7) is 6.71. The molecule has 0 N–H and O–H groups in total. The smallest absolute Gasteiger partial charge is 0.124 e. The molecule has 1 saturated heterocycles. The van der Waals surface area contributed by atoms with Gasteiger partial charge in [0, 0.05) is 31.9 Å². The van der Waals surface area contributed by atoms with E-state index >= 15 is 0 Å². The van der Waals surface area contributed by atoms with E-state index < -0.39 is 0 Å². The van der Waals surface area contributed by atoms with Crippen LogP contribution in [0, 0.1) is 0 Å². The highest BCUT2D eigenvalue weighted by Gasteiger charge is 2.30. The minimum Gasteiger partial charge on any atom is -0.496 e. The highest BCUT2D eigenvalue weighted by atomic mass is 16.5. The summed E-state index contributed by atoms with van der Waals surface area (Å²) in [7, 11) is 5.61. The Morgan fingerprint density at radius 3 is 2.73 bits per heavy atom. The maximum Gasteiger partial charge on any atom is 0.124 e. The molecule has 0 saturated carbocycles. The average Bonchev–Trinajstić information content (AvgIpc) is 2.47. The summed E-state index contributed by atoms with van der Waals surface area (Å²) in [4.78, 5) is 2.43. The molecule has 124 valence electrons. The van der Waals surface area contributed by atoms with E-state index in [1.54, 1.807) is 14.2 Å². The van der Waals surface area contributed by atoms with Crippen molar-refractivity contribution in [1.82, 2.24) is 4.90 Å². The quantitative estimate of drug-likeness (QED) is 0.807. The lowest BCUT2D eigenvalue weighted by molar-refractivity contribution is -0.0809. The minimum absolute atomic E-state index is 0.0156. The fourth-order valence-electron chi connectivity index (χ4n) is 3.19. The molecule has 0 aromatic heterocycles. The van der Waals surface area contributed by atoms with Crippen LogP contribution in [-0.2, 0) is 22.6 Å². The second-order valence-electron chi connectivity index (χ2n) is 6.75. The summed E-state index contributed by atoms with van der Waals surface area (Å²) in [5, 5.41) is 0. The molecule has 22 heavy (non-hydrogen) atoms. The van der Waals surface area contributed by atoms with Gasteiger partial charge in [-0.15, -0.1) is 0 Å². The van der Waals surface area contributed by atoms with E-state index in [1.807, 2.05) is 6.07 Å². The number of benzene rings is 1. The topological polar surface area (TPSA) is 30.9 Å². The molecule has 0 spiro atoms. The van der Waals surface area contributed by atoms with Crippen molar-refractivity contribution in [1.29, 1.82) is 0 Å². The zero-order chi connectivity index (χ0) is 16.2. The Labute approximate surface area is 134 Å². The summed E-state index contributed by atoms with van der Waals surface area (Å²) in [5.74, 6) is 0.889. The van der Waals surface area contributed by atoms with Crippen LogP contribution < -0.4 is 4.74 Å². The molecule has 0 aliphatic carbocycles. The maximum absolute atomic E-state index is 5.82. The largest absolute Gasteiger partial charge is 0.496 e. The standard InChI is InChI=1S/C18H29NO3/c1-18(2)11-16(8-9-22-18)19(3)12-14-6-7-17(21-5)15(10-14)13-20-4/h6-7,10,16H,8-9,11-13H2,1-5H3/t16-/m1/s1. The number of rotatable bonds is 6. The first-order valence-corrected chi connectivity index (χ1v) is 7.94. The molecule has 1 aromatic rings. The van der Waals surface area contributed by atoms with Gasteiger partial charge in [-0.05, 0) is 51.4 Å². The molecule has 0 radical (unpaired) electrons. The van der Waals surface area contributed by atoms with Crippen molar-refractivity contribution < 1.29 is 14.2 Å². The van der Waals surface area contributed by atoms with E-state index in [0.717, 1.165) is 37.3 Å². The number of methoxy groups -OCH3 is 2. The van der Waals surface area contributed by atoms with Gasteiger partial charge in [0.05, 0.1) is 19.3 Å². The van der Waals surface area contributed by atoms with E-state index in [4.69, 9.17) is 14.2 Å². The van der Waals surface area contributed by atoms with Gasteiger partial charge >= 0.3 is 0 Å². The number of hydrogen-bond acceptors (Lipinski definition) is 4. The van der Waals surface area contributed by atoms with Crippen LogP contribution in [0.5, 0.6) is 5.75 Å². The van der Waals surface area contributed by atoms with Crippen molar-refractivity contribution in [3.8, 4) is 5.75 Å². The van der Waals surface area contributed by atoms with Gasteiger partial charge in [-0.3, -0.25) is 4.90 Å². The van der Waals surface area contributed by atoms with Crippen LogP contribution in [0.3, 0.4) is 0 Å². The van der Waals surface area contributed by atoms with Crippen molar-refractivity contribution in [3.05, 3.63) is 29.3 Å². The van der Waals surface area contributed by atoms with E-state index in [9.17, 15) is 0 Å². The van der Waals surface area contributed by atoms with Gasteiger partial charge in [-0.2, -0.15) is 0 Å². The zero-order valence-electron chi connectivity index (χ0n) is 14.5. The third-order valence-electron chi connectivity index (χ3n) is 4.37. The lowest BCUT2D eigenvalue weighted by atomic mass is 9.93. The molecule has 2 rings (SSSR count). The first-order chi connectivity index (χ1) is 10.4. The van der Waals surface area contributed by atoms with Gasteiger partial charge in [0.1, 0.15) is 5.75 Å². The fourth-order valence-corrected chi connectivity index (χ4v) is 3.19. The summed E-state index contributed by atoms with van der Waals surface area (Å²) in [6.07, 6.45) is 2.17.